The molecule has 1 heterocycles. The van der Waals surface area contributed by atoms with Crippen LogP contribution < -0.4 is 10.6 Å². The van der Waals surface area contributed by atoms with E-state index in [2.05, 4.69) is 10.6 Å². The molecule has 5 atom stereocenters. The van der Waals surface area contributed by atoms with Crippen LogP contribution in [0.2, 0.25) is 0 Å². The minimum absolute atomic E-state index is 0.0434. The van der Waals surface area contributed by atoms with Crippen LogP contribution >= 0.6 is 0 Å². The van der Waals surface area contributed by atoms with Gasteiger partial charge in [-0.3, -0.25) is 9.59 Å². The van der Waals surface area contributed by atoms with Crippen LogP contribution in [0.4, 0.5) is 5.69 Å². The van der Waals surface area contributed by atoms with Crippen LogP contribution in [-0.2, 0) is 30.3 Å². The molecule has 3 rings (SSSR count). The van der Waals surface area contributed by atoms with Crippen molar-refractivity contribution in [2.24, 2.45) is 5.92 Å². The highest BCUT2D eigenvalue weighted by Gasteiger charge is 2.30. The zero-order valence-corrected chi connectivity index (χ0v) is 26.8. The normalized spacial score (nSPS) is 27.6. The summed E-state index contributed by atoms with van der Waals surface area (Å²) in [7, 11) is 1.53. The fourth-order valence-corrected chi connectivity index (χ4v) is 5.34. The average Bonchev–Trinajstić information content (AvgIpc) is 3.01. The third kappa shape index (κ3) is 11.8. The van der Waals surface area contributed by atoms with Gasteiger partial charge in [-0.1, -0.05) is 55.5 Å². The number of aromatic hydroxyl groups is 1. The number of allylic oxidation sites excluding steroid dienone is 6. The summed E-state index contributed by atoms with van der Waals surface area (Å²) in [6.45, 7) is 5.28. The molecule has 2 aliphatic rings. The largest absolute Gasteiger partial charge is 0.508 e. The number of nitrogens with one attached hydrogen (secondary N) is 2. The highest BCUT2D eigenvalue weighted by molar-refractivity contribution is 5.96. The van der Waals surface area contributed by atoms with E-state index < -0.39 is 36.2 Å². The summed E-state index contributed by atoms with van der Waals surface area (Å²) in [6, 6.07) is 4.11. The predicted molar refractivity (Wildman–Crippen MR) is 175 cm³/mol. The molecule has 2 bridgehead atoms. The molecule has 1 aromatic carbocycles. The molecule has 0 saturated heterocycles. The number of hydrogen-bond acceptors (Lipinski definition) is 7. The first-order valence-corrected chi connectivity index (χ1v) is 15.8. The number of benzene rings is 1. The highest BCUT2D eigenvalue weighted by atomic mass is 16.5. The molecule has 5 unspecified atom stereocenters. The number of hydrogen-bond donors (Lipinski definition) is 4. The van der Waals surface area contributed by atoms with E-state index in [1.807, 2.05) is 50.3 Å². The van der Waals surface area contributed by atoms with Gasteiger partial charge < -0.3 is 30.3 Å². The zero-order valence-electron chi connectivity index (χ0n) is 26.8. The monoisotopic (exact) mass is 620 g/mol. The van der Waals surface area contributed by atoms with Gasteiger partial charge in [0.2, 0.25) is 11.8 Å². The molecule has 0 aromatic heterocycles. The number of fused-ring (bicyclic) bond motifs is 2. The maximum atomic E-state index is 13.1. The fraction of sp³-hybridized carbons (Fsp3) is 0.472. The van der Waals surface area contributed by atoms with E-state index in [0.717, 1.165) is 30.4 Å². The molecule has 9 nitrogen and oxygen atoms in total. The van der Waals surface area contributed by atoms with E-state index >= 15 is 0 Å². The summed E-state index contributed by atoms with van der Waals surface area (Å²) >= 11 is 0. The van der Waals surface area contributed by atoms with Crippen molar-refractivity contribution in [2.75, 3.05) is 12.4 Å². The number of phenols is 1. The lowest BCUT2D eigenvalue weighted by Gasteiger charge is -2.29. The number of carbonyl (C=O) groups excluding carboxylic acids is 3. The first-order valence-electron chi connectivity index (χ1n) is 15.8. The van der Waals surface area contributed by atoms with Crippen LogP contribution in [0.25, 0.3) is 0 Å². The molecule has 9 heteroatoms. The lowest BCUT2D eigenvalue weighted by molar-refractivity contribution is -0.156. The number of aryl methyl sites for hydroxylation is 1. The van der Waals surface area contributed by atoms with Crippen LogP contribution in [-0.4, -0.2) is 59.5 Å². The quantitative estimate of drug-likeness (QED) is 0.249. The summed E-state index contributed by atoms with van der Waals surface area (Å²) in [6.07, 6.45) is 17.9. The Morgan fingerprint density at radius 3 is 2.56 bits per heavy atom. The van der Waals surface area contributed by atoms with Gasteiger partial charge in [-0.25, -0.2) is 4.79 Å². The molecule has 0 fully saturated rings. The topological polar surface area (TPSA) is 134 Å². The number of esters is 1. The molecule has 4 N–H and O–H groups in total. The number of aliphatic hydroxyl groups is 1. The van der Waals surface area contributed by atoms with Gasteiger partial charge in [0.25, 0.3) is 0 Å². The number of rotatable bonds is 5. The SMILES string of the molecule is COC1/C=C/C=C\C=C/CC(OC(=O)C(C)NC(=O)C2=CCCCC2)C(C)C(O)/C(C)=C\CCc2cc(O)cc(c2)NC(=O)C1. The Bertz CT molecular complexity index is 1330. The molecule has 244 valence electrons. The number of aliphatic hydroxyl groups excluding tert-OH is 1. The van der Waals surface area contributed by atoms with Crippen molar-refractivity contribution in [3.05, 3.63) is 83.5 Å². The molecule has 0 radical (unpaired) electrons. The molecule has 0 spiro atoms. The molecular formula is C36H48N2O7. The molecule has 1 aliphatic heterocycles. The molecule has 2 amide bonds. The van der Waals surface area contributed by atoms with Crippen LogP contribution in [0.3, 0.4) is 0 Å². The van der Waals surface area contributed by atoms with E-state index in [1.54, 1.807) is 31.2 Å². The number of methoxy groups -OCH3 is 1. The summed E-state index contributed by atoms with van der Waals surface area (Å²) in [4.78, 5) is 38.4. The summed E-state index contributed by atoms with van der Waals surface area (Å²) < 4.78 is 11.3. The minimum atomic E-state index is -0.883. The van der Waals surface area contributed by atoms with E-state index in [4.69, 9.17) is 9.47 Å². The number of ether oxygens (including phenoxy) is 2. The van der Waals surface area contributed by atoms with Gasteiger partial charge >= 0.3 is 5.97 Å². The summed E-state index contributed by atoms with van der Waals surface area (Å²) in [5, 5.41) is 27.1. The molecule has 0 saturated carbocycles. The van der Waals surface area contributed by atoms with Gasteiger partial charge in [-0.05, 0) is 75.6 Å². The van der Waals surface area contributed by atoms with Crippen LogP contribution in [0.1, 0.15) is 71.3 Å². The Balaban J connectivity index is 1.80. The van der Waals surface area contributed by atoms with Gasteiger partial charge in [-0.15, -0.1) is 0 Å². The third-order valence-electron chi connectivity index (χ3n) is 8.12. The minimum Gasteiger partial charge on any atom is -0.508 e. The average molecular weight is 621 g/mol. The number of phenolic OH excluding ortho intramolecular Hbond substituents is 1. The Labute approximate surface area is 266 Å². The first kappa shape index (κ1) is 35.5. The molecule has 1 aromatic rings. The summed E-state index contributed by atoms with van der Waals surface area (Å²) in [5.41, 5.74) is 2.75. The number of amides is 2. The Kier molecular flexibility index (Phi) is 14.3. The second kappa shape index (κ2) is 18.1. The van der Waals surface area contributed by atoms with Gasteiger partial charge in [-0.2, -0.15) is 0 Å². The predicted octanol–water partition coefficient (Wildman–Crippen LogP) is 5.60. The van der Waals surface area contributed by atoms with Gasteiger partial charge in [0.15, 0.2) is 0 Å². The first-order chi connectivity index (χ1) is 21.6. The highest BCUT2D eigenvalue weighted by Crippen LogP contribution is 2.25. The van der Waals surface area contributed by atoms with E-state index in [9.17, 15) is 24.6 Å². The van der Waals surface area contributed by atoms with Crippen molar-refractivity contribution in [3.63, 3.8) is 0 Å². The van der Waals surface area contributed by atoms with Crippen molar-refractivity contribution >= 4 is 23.5 Å². The maximum absolute atomic E-state index is 13.1. The number of anilines is 1. The Morgan fingerprint density at radius 2 is 1.82 bits per heavy atom. The maximum Gasteiger partial charge on any atom is 0.328 e. The zero-order chi connectivity index (χ0) is 32.8. The molecule has 1 aliphatic carbocycles. The summed E-state index contributed by atoms with van der Waals surface area (Å²) in [5.74, 6) is -1.45. The lowest BCUT2D eigenvalue weighted by Crippen LogP contribution is -2.43. The fourth-order valence-electron chi connectivity index (χ4n) is 5.34. The van der Waals surface area contributed by atoms with Crippen molar-refractivity contribution in [1.82, 2.24) is 5.32 Å². The molecule has 45 heavy (non-hydrogen) atoms. The van der Waals surface area contributed by atoms with Gasteiger partial charge in [0.05, 0.1) is 18.6 Å². The van der Waals surface area contributed by atoms with Crippen LogP contribution in [0, 0.1) is 5.92 Å². The van der Waals surface area contributed by atoms with Crippen LogP contribution in [0.5, 0.6) is 5.75 Å². The van der Waals surface area contributed by atoms with Crippen molar-refractivity contribution in [3.8, 4) is 5.75 Å². The van der Waals surface area contributed by atoms with Gasteiger partial charge in [0, 0.05) is 36.8 Å². The standard InChI is InChI=1S/C36H48N2O7/c1-24-14-13-15-27-20-29(22-30(39)21-27)38-33(40)23-31(44-4)18-11-6-5-7-12-19-32(25(2)34(24)41)45-36(43)26(3)37-35(42)28-16-9-8-10-17-28/h5-7,11-12,14,16,18,20-22,25-26,31-32,34,39,41H,8-10,13,15,17,19,23H2,1-4H3,(H,37,42)(H,38,40)/b6-5-,12-7-,18-11+,24-14-. The lowest BCUT2D eigenvalue weighted by atomic mass is 9.90. The second-order valence-corrected chi connectivity index (χ2v) is 11.8. The Morgan fingerprint density at radius 1 is 1.04 bits per heavy atom. The van der Waals surface area contributed by atoms with Gasteiger partial charge in [0.1, 0.15) is 17.9 Å². The second-order valence-electron chi connectivity index (χ2n) is 11.8. The third-order valence-corrected chi connectivity index (χ3v) is 8.12. The van der Waals surface area contributed by atoms with Crippen molar-refractivity contribution < 1.29 is 34.1 Å². The van der Waals surface area contributed by atoms with Crippen molar-refractivity contribution in [1.29, 1.82) is 0 Å². The number of carbonyl (C=O) groups is 3. The smallest absolute Gasteiger partial charge is 0.328 e. The molecular weight excluding hydrogens is 572 g/mol. The van der Waals surface area contributed by atoms with E-state index in [-0.39, 0.29) is 24.0 Å². The Hall–Kier alpha value is -3.95. The van der Waals surface area contributed by atoms with E-state index in [0.29, 0.717) is 36.9 Å². The van der Waals surface area contributed by atoms with E-state index in [1.165, 1.54) is 13.2 Å². The van der Waals surface area contributed by atoms with Crippen molar-refractivity contribution in [2.45, 2.75) is 96.5 Å². The van der Waals surface area contributed by atoms with Crippen LogP contribution in [0.15, 0.2) is 78.0 Å².